The highest BCUT2D eigenvalue weighted by Crippen LogP contribution is 2.66. The normalized spacial score (nSPS) is 21.0. The average molecular weight is 397 g/mol. The fraction of sp³-hybridized carbons (Fsp3) is 0.913. The average Bonchev–Trinajstić information content (AvgIpc) is 2.69. The van der Waals surface area contributed by atoms with Crippen LogP contribution < -0.4 is 0 Å². The first-order valence-corrected chi connectivity index (χ1v) is 13.6. The highest BCUT2D eigenvalue weighted by Gasteiger charge is 2.49. The minimum absolute atomic E-state index is 0.490. The Balaban J connectivity index is 3.18. The highest BCUT2D eigenvalue weighted by molar-refractivity contribution is 7.65. The summed E-state index contributed by atoms with van der Waals surface area (Å²) < 4.78 is 14.7. The van der Waals surface area contributed by atoms with Gasteiger partial charge < -0.3 is 4.57 Å². The molecule has 1 radical (unpaired) electrons. The smallest absolute Gasteiger partial charge is 0.236 e. The monoisotopic (exact) mass is 396 g/mol. The molecule has 0 aliphatic heterocycles. The van der Waals surface area contributed by atoms with E-state index in [9.17, 15) is 9.36 Å². The lowest BCUT2D eigenvalue weighted by Crippen LogP contribution is -2.34. The van der Waals surface area contributed by atoms with Crippen LogP contribution in [0.3, 0.4) is 0 Å². The molecule has 1 aliphatic carbocycles. The summed E-state index contributed by atoms with van der Waals surface area (Å²) in [4.78, 5) is 15.7. The van der Waals surface area contributed by atoms with Gasteiger partial charge in [-0.2, -0.15) is 4.99 Å². The molecule has 2 atom stereocenters. The van der Waals surface area contributed by atoms with Gasteiger partial charge in [0.05, 0.1) is 0 Å². The van der Waals surface area contributed by atoms with Crippen molar-refractivity contribution in [3.63, 3.8) is 0 Å². The molecular formula is C23H43NO2P. The van der Waals surface area contributed by atoms with Crippen LogP contribution in [-0.2, 0) is 9.36 Å². The molecule has 0 N–H and O–H groups in total. The molecule has 3 nitrogen and oxygen atoms in total. The summed E-state index contributed by atoms with van der Waals surface area (Å²) in [6.45, 7) is 8.89. The molecular weight excluding hydrogens is 353 g/mol. The fourth-order valence-corrected chi connectivity index (χ4v) is 9.39. The zero-order chi connectivity index (χ0) is 20.2. The number of hydrogen-bond acceptors (Lipinski definition) is 3. The first kappa shape index (κ1) is 24.6. The van der Waals surface area contributed by atoms with Gasteiger partial charge in [-0.1, -0.05) is 79.1 Å². The number of hydrogen-bond donors (Lipinski definition) is 0. The molecule has 1 aliphatic rings. The molecule has 1 rings (SSSR count). The van der Waals surface area contributed by atoms with Crippen LogP contribution in [0.1, 0.15) is 105 Å². The van der Waals surface area contributed by atoms with Gasteiger partial charge in [0.1, 0.15) is 12.4 Å². The Kier molecular flexibility index (Phi) is 11.8. The molecule has 157 valence electrons. The minimum Gasteiger partial charge on any atom is -0.321 e. The lowest BCUT2D eigenvalue weighted by Gasteiger charge is -2.42. The molecule has 2 unspecified atom stereocenters. The molecule has 0 aromatic rings. The van der Waals surface area contributed by atoms with Gasteiger partial charge in [-0.3, -0.25) is 0 Å². The van der Waals surface area contributed by atoms with E-state index in [4.69, 9.17) is 0 Å². The SMILES string of the molecule is CCCCC(CC)CP(=O)(CC(CC)CCCC)C1(N=C=O)CC[CH]CC1. The topological polar surface area (TPSA) is 46.5 Å². The van der Waals surface area contributed by atoms with Crippen LogP contribution in [0.5, 0.6) is 0 Å². The summed E-state index contributed by atoms with van der Waals surface area (Å²) in [5.41, 5.74) is 0. The number of isocyanates is 1. The largest absolute Gasteiger partial charge is 0.321 e. The Morgan fingerprint density at radius 1 is 0.963 bits per heavy atom. The van der Waals surface area contributed by atoms with E-state index in [0.29, 0.717) is 11.8 Å². The number of rotatable bonds is 14. The number of unbranched alkanes of at least 4 members (excludes halogenated alkanes) is 2. The second kappa shape index (κ2) is 12.9. The molecule has 0 bridgehead atoms. The lowest BCUT2D eigenvalue weighted by atomic mass is 9.95. The number of nitrogens with zero attached hydrogens (tertiary/aromatic N) is 1. The third-order valence-corrected chi connectivity index (χ3v) is 11.0. The van der Waals surface area contributed by atoms with E-state index >= 15 is 0 Å². The van der Waals surface area contributed by atoms with Gasteiger partial charge in [0.2, 0.25) is 6.08 Å². The maximum atomic E-state index is 14.7. The molecule has 0 spiro atoms. The second-order valence-corrected chi connectivity index (χ2v) is 12.0. The van der Waals surface area contributed by atoms with E-state index in [-0.39, 0.29) is 0 Å². The Hall–Kier alpha value is -0.390. The fourth-order valence-electron chi connectivity index (χ4n) is 4.71. The molecule has 0 amide bonds. The van der Waals surface area contributed by atoms with Crippen molar-refractivity contribution in [2.45, 2.75) is 110 Å². The van der Waals surface area contributed by atoms with E-state index in [1.165, 1.54) is 25.7 Å². The van der Waals surface area contributed by atoms with Crippen molar-refractivity contribution in [1.82, 2.24) is 0 Å². The second-order valence-electron chi connectivity index (χ2n) is 8.64. The first-order valence-electron chi connectivity index (χ1n) is 11.5. The molecule has 0 saturated heterocycles. The molecule has 0 heterocycles. The van der Waals surface area contributed by atoms with Crippen molar-refractivity contribution in [3.8, 4) is 0 Å². The van der Waals surface area contributed by atoms with Gasteiger partial charge in [-0.05, 0) is 43.9 Å². The van der Waals surface area contributed by atoms with Crippen molar-refractivity contribution < 1.29 is 9.36 Å². The maximum absolute atomic E-state index is 14.7. The summed E-state index contributed by atoms with van der Waals surface area (Å²) in [7, 11) is -2.62. The van der Waals surface area contributed by atoms with Gasteiger partial charge >= 0.3 is 0 Å². The van der Waals surface area contributed by atoms with Crippen molar-refractivity contribution in [3.05, 3.63) is 6.42 Å². The summed E-state index contributed by atoms with van der Waals surface area (Å²) in [5, 5.41) is -0.636. The molecule has 1 fully saturated rings. The minimum atomic E-state index is -2.62. The van der Waals surface area contributed by atoms with Gasteiger partial charge in [0, 0.05) is 12.3 Å². The van der Waals surface area contributed by atoms with Crippen LogP contribution in [0.2, 0.25) is 0 Å². The van der Waals surface area contributed by atoms with E-state index in [1.807, 2.05) is 6.08 Å². The van der Waals surface area contributed by atoms with Gasteiger partial charge in [-0.15, -0.1) is 0 Å². The molecule has 1 saturated carbocycles. The van der Waals surface area contributed by atoms with E-state index in [2.05, 4.69) is 39.1 Å². The number of carbonyl (C=O) groups excluding carboxylic acids is 1. The predicted molar refractivity (Wildman–Crippen MR) is 118 cm³/mol. The van der Waals surface area contributed by atoms with Crippen molar-refractivity contribution in [2.75, 3.05) is 12.3 Å². The zero-order valence-corrected chi connectivity index (χ0v) is 19.2. The van der Waals surface area contributed by atoms with Crippen LogP contribution in [-0.4, -0.2) is 23.7 Å². The van der Waals surface area contributed by atoms with Crippen LogP contribution in [0.4, 0.5) is 0 Å². The van der Waals surface area contributed by atoms with Crippen molar-refractivity contribution in [1.29, 1.82) is 0 Å². The Labute approximate surface area is 168 Å². The van der Waals surface area contributed by atoms with Crippen molar-refractivity contribution >= 4 is 13.2 Å². The zero-order valence-electron chi connectivity index (χ0n) is 18.3. The van der Waals surface area contributed by atoms with E-state index in [0.717, 1.165) is 63.7 Å². The van der Waals surface area contributed by atoms with E-state index in [1.54, 1.807) is 0 Å². The van der Waals surface area contributed by atoms with Crippen LogP contribution in [0.15, 0.2) is 4.99 Å². The summed E-state index contributed by atoms with van der Waals surface area (Å²) >= 11 is 0. The maximum Gasteiger partial charge on any atom is 0.236 e. The van der Waals surface area contributed by atoms with Gasteiger partial charge in [0.25, 0.3) is 0 Å². The Bertz CT molecular complexity index is 471. The summed E-state index contributed by atoms with van der Waals surface area (Å²) in [6.07, 6.45) is 18.3. The standard InChI is InChI=1S/C23H43NO2P/c1-5-9-14-21(7-3)18-27(26,19-22(8-4)15-10-6-2)23(24-20-25)16-12-11-13-17-23/h11,21-22H,5-10,12-19H2,1-4H3. The van der Waals surface area contributed by atoms with Crippen molar-refractivity contribution in [2.24, 2.45) is 16.8 Å². The summed E-state index contributed by atoms with van der Waals surface area (Å²) in [6, 6.07) is 0. The third kappa shape index (κ3) is 7.17. The molecule has 27 heavy (non-hydrogen) atoms. The Morgan fingerprint density at radius 3 is 1.81 bits per heavy atom. The summed E-state index contributed by atoms with van der Waals surface area (Å²) in [5.74, 6) is 0.980. The van der Waals surface area contributed by atoms with E-state index < -0.39 is 12.4 Å². The lowest BCUT2D eigenvalue weighted by molar-refractivity contribution is 0.398. The third-order valence-electron chi connectivity index (χ3n) is 6.70. The van der Waals surface area contributed by atoms with Crippen LogP contribution >= 0.6 is 7.14 Å². The van der Waals surface area contributed by atoms with Gasteiger partial charge in [0.15, 0.2) is 0 Å². The number of aliphatic imine (C=N–C) groups is 1. The van der Waals surface area contributed by atoms with Crippen LogP contribution in [0, 0.1) is 18.3 Å². The predicted octanol–water partition coefficient (Wildman–Crippen LogP) is 7.59. The van der Waals surface area contributed by atoms with Gasteiger partial charge in [-0.25, -0.2) is 4.79 Å². The Morgan fingerprint density at radius 2 is 1.44 bits per heavy atom. The first-order chi connectivity index (χ1) is 13.0. The molecule has 0 aromatic heterocycles. The highest BCUT2D eigenvalue weighted by atomic mass is 31.2. The quantitative estimate of drug-likeness (QED) is 0.172. The molecule has 0 aromatic carbocycles. The molecule has 4 heteroatoms. The van der Waals surface area contributed by atoms with Crippen LogP contribution in [0.25, 0.3) is 0 Å².